The normalized spacial score (nSPS) is 24.8. The molecule has 0 unspecified atom stereocenters. The number of rotatable bonds is 3. The molecule has 0 N–H and O–H groups in total. The summed E-state index contributed by atoms with van der Waals surface area (Å²) in [6, 6.07) is 0. The molecule has 0 aromatic carbocycles. The first kappa shape index (κ1) is 14.2. The van der Waals surface area contributed by atoms with E-state index < -0.39 is 0 Å². The van der Waals surface area contributed by atoms with Gasteiger partial charge in [0, 0.05) is 5.41 Å². The first-order valence-corrected chi connectivity index (χ1v) is 8.90. The lowest BCUT2D eigenvalue weighted by molar-refractivity contribution is 0.449. The second-order valence-corrected chi connectivity index (χ2v) is 7.05. The van der Waals surface area contributed by atoms with Gasteiger partial charge in [-0.15, -0.1) is 0 Å². The van der Waals surface area contributed by atoms with Gasteiger partial charge < -0.3 is 0 Å². The second kappa shape index (κ2) is 6.33. The van der Waals surface area contributed by atoms with Gasteiger partial charge >= 0.3 is 0 Å². The molecule has 0 aromatic heterocycles. The Labute approximate surface area is 125 Å². The van der Waals surface area contributed by atoms with Gasteiger partial charge in [-0.05, 0) is 84.0 Å². The minimum absolute atomic E-state index is 0.293. The Morgan fingerprint density at radius 2 is 0.950 bits per heavy atom. The third kappa shape index (κ3) is 2.67. The van der Waals surface area contributed by atoms with Crippen molar-refractivity contribution in [3.05, 3.63) is 34.9 Å². The third-order valence-electron chi connectivity index (χ3n) is 5.80. The van der Waals surface area contributed by atoms with E-state index in [1.54, 1.807) is 16.7 Å². The van der Waals surface area contributed by atoms with E-state index in [1.807, 2.05) is 0 Å². The van der Waals surface area contributed by atoms with Gasteiger partial charge in [0.05, 0.1) is 0 Å². The summed E-state index contributed by atoms with van der Waals surface area (Å²) in [4.78, 5) is 0. The topological polar surface area (TPSA) is 0 Å². The summed E-state index contributed by atoms with van der Waals surface area (Å²) in [6.45, 7) is 2.55. The first-order valence-electron chi connectivity index (χ1n) is 8.90. The Hall–Kier alpha value is -0.780. The average molecular weight is 270 g/mol. The van der Waals surface area contributed by atoms with Gasteiger partial charge in [0.15, 0.2) is 0 Å². The van der Waals surface area contributed by atoms with E-state index in [2.05, 4.69) is 25.2 Å². The molecule has 0 spiro atoms. The van der Waals surface area contributed by atoms with Gasteiger partial charge in [-0.1, -0.05) is 34.9 Å². The molecule has 0 atom stereocenters. The van der Waals surface area contributed by atoms with Crippen molar-refractivity contribution in [2.24, 2.45) is 5.41 Å². The lowest BCUT2D eigenvalue weighted by atomic mass is 9.63. The smallest absolute Gasteiger partial charge is 0.0301 e. The Morgan fingerprint density at radius 3 is 1.20 bits per heavy atom. The predicted molar refractivity (Wildman–Crippen MR) is 87.8 cm³/mol. The van der Waals surface area contributed by atoms with E-state index in [0.29, 0.717) is 5.41 Å². The van der Waals surface area contributed by atoms with E-state index in [1.165, 1.54) is 77.0 Å². The number of hydrogen-bond acceptors (Lipinski definition) is 0. The Bertz CT molecular complexity index is 368. The van der Waals surface area contributed by atoms with Crippen LogP contribution in [0, 0.1) is 5.41 Å². The van der Waals surface area contributed by atoms with Crippen LogP contribution in [0.25, 0.3) is 0 Å². The van der Waals surface area contributed by atoms with E-state index in [-0.39, 0.29) is 0 Å². The summed E-state index contributed by atoms with van der Waals surface area (Å²) in [5.41, 5.74) is 5.56. The molecule has 0 bridgehead atoms. The molecule has 0 heteroatoms. The van der Waals surface area contributed by atoms with Gasteiger partial charge in [-0.3, -0.25) is 0 Å². The molecule has 0 aliphatic heterocycles. The fraction of sp³-hybridized carbons (Fsp3) is 0.700. The quantitative estimate of drug-likeness (QED) is 0.514. The lowest BCUT2D eigenvalue weighted by Gasteiger charge is -2.41. The molecule has 110 valence electrons. The van der Waals surface area contributed by atoms with Crippen LogP contribution in [0.3, 0.4) is 0 Å². The summed E-state index contributed by atoms with van der Waals surface area (Å²) in [5, 5.41) is 0. The van der Waals surface area contributed by atoms with Crippen molar-refractivity contribution in [2.75, 3.05) is 0 Å². The monoisotopic (exact) mass is 270 g/mol. The highest BCUT2D eigenvalue weighted by Crippen LogP contribution is 2.51. The van der Waals surface area contributed by atoms with Crippen LogP contribution >= 0.6 is 0 Å². The van der Waals surface area contributed by atoms with Crippen LogP contribution in [0.2, 0.25) is 0 Å². The van der Waals surface area contributed by atoms with Gasteiger partial charge in [0.25, 0.3) is 0 Å². The number of hydrogen-bond donors (Lipinski definition) is 0. The zero-order valence-corrected chi connectivity index (χ0v) is 13.2. The highest BCUT2D eigenvalue weighted by Gasteiger charge is 2.37. The minimum atomic E-state index is 0.293. The van der Waals surface area contributed by atoms with Crippen molar-refractivity contribution in [3.63, 3.8) is 0 Å². The van der Waals surface area contributed by atoms with Crippen molar-refractivity contribution in [1.29, 1.82) is 0 Å². The summed E-state index contributed by atoms with van der Waals surface area (Å²) in [7, 11) is 0. The predicted octanol–water partition coefficient (Wildman–Crippen LogP) is 6.49. The van der Waals surface area contributed by atoms with Gasteiger partial charge in [-0.2, -0.15) is 0 Å². The van der Waals surface area contributed by atoms with Crippen molar-refractivity contribution in [1.82, 2.24) is 0 Å². The molecule has 0 fully saturated rings. The zero-order chi connectivity index (χ0) is 13.8. The lowest BCUT2D eigenvalue weighted by Crippen LogP contribution is -2.28. The Balaban J connectivity index is 1.99. The van der Waals surface area contributed by atoms with Crippen LogP contribution < -0.4 is 0 Å². The molecule has 3 aliphatic rings. The molecular weight excluding hydrogens is 240 g/mol. The Morgan fingerprint density at radius 1 is 0.600 bits per heavy atom. The SMILES string of the molecule is CC(C1=CCCCC1)(C1=CCCCC1)C1=CCCCC1. The molecule has 3 aliphatic carbocycles. The van der Waals surface area contributed by atoms with Crippen LogP contribution in [0.15, 0.2) is 34.9 Å². The molecule has 0 saturated carbocycles. The molecule has 0 radical (unpaired) electrons. The average Bonchev–Trinajstić information content (AvgIpc) is 2.56. The standard InChI is InChI=1S/C20H30/c1-20(17-11-5-2-6-12-17,18-13-7-3-8-14-18)19-15-9-4-10-16-19/h11,13,15H,2-10,12,14,16H2,1H3. The maximum Gasteiger partial charge on any atom is 0.0301 e. The van der Waals surface area contributed by atoms with E-state index >= 15 is 0 Å². The van der Waals surface area contributed by atoms with E-state index in [9.17, 15) is 0 Å². The zero-order valence-electron chi connectivity index (χ0n) is 13.2. The second-order valence-electron chi connectivity index (χ2n) is 7.05. The van der Waals surface area contributed by atoms with Crippen molar-refractivity contribution < 1.29 is 0 Å². The highest BCUT2D eigenvalue weighted by atomic mass is 14.4. The minimum Gasteiger partial charge on any atom is -0.0841 e. The van der Waals surface area contributed by atoms with Gasteiger partial charge in [0.2, 0.25) is 0 Å². The molecule has 0 heterocycles. The van der Waals surface area contributed by atoms with Crippen molar-refractivity contribution in [2.45, 2.75) is 84.0 Å². The van der Waals surface area contributed by atoms with Crippen LogP contribution in [-0.4, -0.2) is 0 Å². The highest BCUT2D eigenvalue weighted by molar-refractivity contribution is 5.42. The Kier molecular flexibility index (Phi) is 4.48. The maximum absolute atomic E-state index is 2.59. The molecule has 0 nitrogen and oxygen atoms in total. The molecule has 0 amide bonds. The summed E-state index contributed by atoms with van der Waals surface area (Å²) < 4.78 is 0. The molecule has 3 rings (SSSR count). The molecule has 20 heavy (non-hydrogen) atoms. The molecule has 0 saturated heterocycles. The van der Waals surface area contributed by atoms with Gasteiger partial charge in [-0.25, -0.2) is 0 Å². The van der Waals surface area contributed by atoms with Crippen LogP contribution in [0.4, 0.5) is 0 Å². The summed E-state index contributed by atoms with van der Waals surface area (Å²) >= 11 is 0. The van der Waals surface area contributed by atoms with Gasteiger partial charge in [0.1, 0.15) is 0 Å². The first-order chi connectivity index (χ1) is 9.82. The summed E-state index contributed by atoms with van der Waals surface area (Å²) in [5.74, 6) is 0. The van der Waals surface area contributed by atoms with Crippen LogP contribution in [-0.2, 0) is 0 Å². The summed E-state index contributed by atoms with van der Waals surface area (Å²) in [6.07, 6.45) is 24.1. The number of allylic oxidation sites excluding steroid dienone is 6. The van der Waals surface area contributed by atoms with Crippen molar-refractivity contribution >= 4 is 0 Å². The van der Waals surface area contributed by atoms with E-state index in [4.69, 9.17) is 0 Å². The third-order valence-corrected chi connectivity index (χ3v) is 5.80. The molecule has 0 aromatic rings. The fourth-order valence-corrected chi connectivity index (χ4v) is 4.50. The fourth-order valence-electron chi connectivity index (χ4n) is 4.50. The molecular formula is C20H30. The maximum atomic E-state index is 2.59. The van der Waals surface area contributed by atoms with Crippen LogP contribution in [0.5, 0.6) is 0 Å². The van der Waals surface area contributed by atoms with Crippen molar-refractivity contribution in [3.8, 4) is 0 Å². The largest absolute Gasteiger partial charge is 0.0841 e. The van der Waals surface area contributed by atoms with Crippen LogP contribution in [0.1, 0.15) is 84.0 Å². The van der Waals surface area contributed by atoms with E-state index in [0.717, 1.165) is 0 Å².